The maximum absolute atomic E-state index is 12.7. The van der Waals surface area contributed by atoms with E-state index in [9.17, 15) is 18.0 Å². The van der Waals surface area contributed by atoms with Crippen molar-refractivity contribution in [3.63, 3.8) is 0 Å². The van der Waals surface area contributed by atoms with Crippen molar-refractivity contribution in [3.8, 4) is 0 Å². The second-order valence-electron chi connectivity index (χ2n) is 7.57. The first kappa shape index (κ1) is 21.3. The van der Waals surface area contributed by atoms with Crippen molar-refractivity contribution in [2.45, 2.75) is 62.9 Å². The molecule has 0 saturated heterocycles. The molecule has 2 N–H and O–H groups in total. The zero-order valence-electron chi connectivity index (χ0n) is 16.7. The number of amidine groups is 1. The lowest BCUT2D eigenvalue weighted by Crippen LogP contribution is -2.38. The first-order valence-corrected chi connectivity index (χ1v) is 11.5. The molecule has 1 saturated carbocycles. The minimum Gasteiger partial charge on any atom is -0.454 e. The molecule has 9 heteroatoms. The molecular formula is C20H27N3O5S. The van der Waals surface area contributed by atoms with Gasteiger partial charge in [-0.05, 0) is 30.9 Å². The number of amides is 1. The number of hydrogen-bond acceptors (Lipinski definition) is 6. The molecule has 2 aliphatic rings. The van der Waals surface area contributed by atoms with Gasteiger partial charge in [0.15, 0.2) is 12.6 Å². The van der Waals surface area contributed by atoms with Gasteiger partial charge in [0.25, 0.3) is 15.9 Å². The van der Waals surface area contributed by atoms with E-state index in [1.807, 2.05) is 13.8 Å². The third kappa shape index (κ3) is 4.95. The van der Waals surface area contributed by atoms with Crippen LogP contribution in [-0.4, -0.2) is 44.8 Å². The summed E-state index contributed by atoms with van der Waals surface area (Å²) in [7, 11) is -3.69. The number of esters is 1. The number of carbonyl (C=O) groups excluding carboxylic acids is 2. The molecule has 0 radical (unpaired) electrons. The Bertz CT molecular complexity index is 906. The molecule has 1 aromatic rings. The van der Waals surface area contributed by atoms with Crippen molar-refractivity contribution in [2.75, 3.05) is 6.61 Å². The van der Waals surface area contributed by atoms with E-state index in [0.29, 0.717) is 12.0 Å². The van der Waals surface area contributed by atoms with E-state index >= 15 is 0 Å². The lowest BCUT2D eigenvalue weighted by atomic mass is 9.99. The number of hydrogen-bond donors (Lipinski definition) is 2. The Labute approximate surface area is 171 Å². The van der Waals surface area contributed by atoms with Crippen molar-refractivity contribution >= 4 is 27.7 Å². The van der Waals surface area contributed by atoms with Crippen LogP contribution in [0.1, 0.15) is 51.5 Å². The topological polar surface area (TPSA) is 114 Å². The lowest BCUT2D eigenvalue weighted by molar-refractivity contribution is -0.151. The van der Waals surface area contributed by atoms with Crippen molar-refractivity contribution in [3.05, 3.63) is 29.8 Å². The zero-order valence-corrected chi connectivity index (χ0v) is 17.5. The molecule has 1 heterocycles. The van der Waals surface area contributed by atoms with Crippen LogP contribution in [0.3, 0.4) is 0 Å². The van der Waals surface area contributed by atoms with Gasteiger partial charge in [-0.25, -0.2) is 13.2 Å². The van der Waals surface area contributed by atoms with E-state index in [0.717, 1.165) is 25.7 Å². The molecule has 1 aliphatic heterocycles. The van der Waals surface area contributed by atoms with E-state index in [-0.39, 0.29) is 35.2 Å². The van der Waals surface area contributed by atoms with Crippen LogP contribution >= 0.6 is 0 Å². The molecule has 0 unspecified atom stereocenters. The molecule has 1 aromatic carbocycles. The minimum atomic E-state index is -3.69. The quantitative estimate of drug-likeness (QED) is 0.651. The van der Waals surface area contributed by atoms with Crippen LogP contribution in [0.2, 0.25) is 0 Å². The smallest absolute Gasteiger partial charge is 0.331 e. The second-order valence-corrected chi connectivity index (χ2v) is 9.22. The van der Waals surface area contributed by atoms with Gasteiger partial charge in [0, 0.05) is 11.6 Å². The SMILES string of the molecule is CC[C@H](C)[C@H](N=C1NS(=O)(=O)c2ccccc21)C(=O)OCC(=O)NC1CCCC1. The fourth-order valence-electron chi connectivity index (χ4n) is 3.57. The fraction of sp³-hybridized carbons (Fsp3) is 0.550. The molecule has 0 aromatic heterocycles. The summed E-state index contributed by atoms with van der Waals surface area (Å²) in [4.78, 5) is 29.2. The summed E-state index contributed by atoms with van der Waals surface area (Å²) in [5.74, 6) is -1.03. The average Bonchev–Trinajstić information content (AvgIpc) is 3.30. The number of rotatable bonds is 7. The molecule has 2 atom stereocenters. The van der Waals surface area contributed by atoms with E-state index in [1.165, 1.54) is 6.07 Å². The van der Waals surface area contributed by atoms with Crippen molar-refractivity contribution in [2.24, 2.45) is 10.9 Å². The lowest BCUT2D eigenvalue weighted by Gasteiger charge is -2.19. The molecule has 29 heavy (non-hydrogen) atoms. The number of nitrogens with zero attached hydrogens (tertiary/aromatic N) is 1. The fourth-order valence-corrected chi connectivity index (χ4v) is 4.80. The Morgan fingerprint density at radius 2 is 1.97 bits per heavy atom. The number of fused-ring (bicyclic) bond motifs is 1. The Kier molecular flexibility index (Phi) is 6.56. The number of aliphatic imine (C=N–C) groups is 1. The third-order valence-corrected chi connectivity index (χ3v) is 6.82. The van der Waals surface area contributed by atoms with Crippen LogP contribution in [0.5, 0.6) is 0 Å². The highest BCUT2D eigenvalue weighted by atomic mass is 32.2. The van der Waals surface area contributed by atoms with Crippen LogP contribution < -0.4 is 10.0 Å². The molecule has 0 spiro atoms. The summed E-state index contributed by atoms with van der Waals surface area (Å²) < 4.78 is 32.2. The predicted molar refractivity (Wildman–Crippen MR) is 108 cm³/mol. The molecule has 158 valence electrons. The largest absolute Gasteiger partial charge is 0.454 e. The van der Waals surface area contributed by atoms with Crippen molar-refractivity contribution in [1.29, 1.82) is 0 Å². The number of sulfonamides is 1. The molecular weight excluding hydrogens is 394 g/mol. The molecule has 1 fully saturated rings. The van der Waals surface area contributed by atoms with E-state index in [4.69, 9.17) is 4.74 Å². The van der Waals surface area contributed by atoms with E-state index < -0.39 is 22.0 Å². The maximum atomic E-state index is 12.7. The van der Waals surface area contributed by atoms with Crippen molar-refractivity contribution in [1.82, 2.24) is 10.0 Å². The van der Waals surface area contributed by atoms with Gasteiger partial charge in [0.1, 0.15) is 5.84 Å². The van der Waals surface area contributed by atoms with E-state index in [1.54, 1.807) is 18.2 Å². The van der Waals surface area contributed by atoms with Gasteiger partial charge in [-0.1, -0.05) is 45.2 Å². The standard InChI is InChI=1S/C20H27N3O5S/c1-3-13(2)18(20(25)28-12-17(24)21-14-8-4-5-9-14)22-19-15-10-6-7-11-16(15)29(26,27)23-19/h6-7,10-11,13-14,18H,3-5,8-9,12H2,1-2H3,(H,21,24)(H,22,23)/t13-,18-/m0/s1. The van der Waals surface area contributed by atoms with Crippen LogP contribution in [0.4, 0.5) is 0 Å². The first-order valence-electron chi connectivity index (χ1n) is 9.98. The van der Waals surface area contributed by atoms with Gasteiger partial charge in [-0.2, -0.15) is 0 Å². The van der Waals surface area contributed by atoms with Gasteiger partial charge < -0.3 is 10.1 Å². The first-order chi connectivity index (χ1) is 13.8. The number of nitrogens with one attached hydrogen (secondary N) is 2. The highest BCUT2D eigenvalue weighted by Crippen LogP contribution is 2.24. The number of ether oxygens (including phenoxy) is 1. The second kappa shape index (κ2) is 8.94. The summed E-state index contributed by atoms with van der Waals surface area (Å²) in [6.07, 6.45) is 4.72. The summed E-state index contributed by atoms with van der Waals surface area (Å²) in [6.45, 7) is 3.38. The summed E-state index contributed by atoms with van der Waals surface area (Å²) in [5, 5.41) is 2.87. The molecule has 0 bridgehead atoms. The Morgan fingerprint density at radius 1 is 1.28 bits per heavy atom. The van der Waals surface area contributed by atoms with Crippen LogP contribution in [-0.2, 0) is 24.3 Å². The summed E-state index contributed by atoms with van der Waals surface area (Å²) in [5.41, 5.74) is 0.424. The van der Waals surface area contributed by atoms with Gasteiger partial charge in [-0.15, -0.1) is 0 Å². The van der Waals surface area contributed by atoms with Gasteiger partial charge >= 0.3 is 5.97 Å². The van der Waals surface area contributed by atoms with Crippen LogP contribution in [0, 0.1) is 5.92 Å². The summed E-state index contributed by atoms with van der Waals surface area (Å²) >= 11 is 0. The normalized spacial score (nSPS) is 21.2. The molecule has 3 rings (SSSR count). The minimum absolute atomic E-state index is 0.123. The Hall–Kier alpha value is -2.42. The zero-order chi connectivity index (χ0) is 21.0. The summed E-state index contributed by atoms with van der Waals surface area (Å²) in [6, 6.07) is 5.70. The van der Waals surface area contributed by atoms with Gasteiger partial charge in [-0.3, -0.25) is 14.5 Å². The van der Waals surface area contributed by atoms with Gasteiger partial charge in [0.05, 0.1) is 4.90 Å². The number of carbonyl (C=O) groups is 2. The number of benzene rings is 1. The van der Waals surface area contributed by atoms with Crippen LogP contribution in [0.25, 0.3) is 0 Å². The highest BCUT2D eigenvalue weighted by molar-refractivity contribution is 7.90. The highest BCUT2D eigenvalue weighted by Gasteiger charge is 2.33. The van der Waals surface area contributed by atoms with Crippen LogP contribution in [0.15, 0.2) is 34.2 Å². The predicted octanol–water partition coefficient (Wildman–Crippen LogP) is 1.74. The molecule has 1 amide bonds. The Morgan fingerprint density at radius 3 is 2.66 bits per heavy atom. The monoisotopic (exact) mass is 421 g/mol. The maximum Gasteiger partial charge on any atom is 0.331 e. The average molecular weight is 422 g/mol. The third-order valence-electron chi connectivity index (χ3n) is 5.42. The van der Waals surface area contributed by atoms with Gasteiger partial charge in [0.2, 0.25) is 0 Å². The molecule has 1 aliphatic carbocycles. The molecule has 8 nitrogen and oxygen atoms in total. The van der Waals surface area contributed by atoms with E-state index in [2.05, 4.69) is 15.0 Å². The Balaban J connectivity index is 1.72. The van der Waals surface area contributed by atoms with Crippen molar-refractivity contribution < 1.29 is 22.7 Å².